The number of hydrogen-bond donors (Lipinski definition) is 0. The van der Waals surface area contributed by atoms with Crippen LogP contribution in [0.25, 0.3) is 22.1 Å². The first-order valence-electron chi connectivity index (χ1n) is 9.69. The molecule has 32 heavy (non-hydrogen) atoms. The molecule has 0 saturated carbocycles. The number of hydrogen-bond acceptors (Lipinski definition) is 6. The van der Waals surface area contributed by atoms with Crippen molar-refractivity contribution in [1.82, 2.24) is 0 Å². The molecule has 0 N–H and O–H groups in total. The lowest BCUT2D eigenvalue weighted by atomic mass is 9.99. The number of methoxy groups -OCH3 is 2. The summed E-state index contributed by atoms with van der Waals surface area (Å²) in [4.78, 5) is 25.2. The van der Waals surface area contributed by atoms with Crippen molar-refractivity contribution in [3.05, 3.63) is 87.2 Å². The SMILES string of the molecule is COc1ccc(-c2c(C)c3cc(OC(=O)c4ccc(Cl)cc4)ccc3oc2=O)cc1OC. The zero-order valence-corrected chi connectivity index (χ0v) is 18.4. The highest BCUT2D eigenvalue weighted by molar-refractivity contribution is 6.30. The molecule has 0 unspecified atom stereocenters. The molecular weight excluding hydrogens is 432 g/mol. The third-order valence-electron chi connectivity index (χ3n) is 5.10. The minimum Gasteiger partial charge on any atom is -0.493 e. The summed E-state index contributed by atoms with van der Waals surface area (Å²) < 4.78 is 21.7. The molecule has 0 aliphatic rings. The number of benzene rings is 3. The van der Waals surface area contributed by atoms with Crippen LogP contribution in [-0.4, -0.2) is 20.2 Å². The molecule has 0 spiro atoms. The highest BCUT2D eigenvalue weighted by Crippen LogP contribution is 2.34. The fourth-order valence-corrected chi connectivity index (χ4v) is 3.60. The lowest BCUT2D eigenvalue weighted by molar-refractivity contribution is 0.0735. The maximum Gasteiger partial charge on any atom is 0.344 e. The van der Waals surface area contributed by atoms with Gasteiger partial charge in [0.2, 0.25) is 0 Å². The number of esters is 1. The molecule has 7 heteroatoms. The third-order valence-corrected chi connectivity index (χ3v) is 5.35. The lowest BCUT2D eigenvalue weighted by Crippen LogP contribution is -2.09. The van der Waals surface area contributed by atoms with E-state index < -0.39 is 11.6 Å². The zero-order chi connectivity index (χ0) is 22.8. The van der Waals surface area contributed by atoms with E-state index in [1.807, 2.05) is 6.92 Å². The summed E-state index contributed by atoms with van der Waals surface area (Å²) in [6.07, 6.45) is 0. The van der Waals surface area contributed by atoms with Crippen LogP contribution < -0.4 is 19.8 Å². The van der Waals surface area contributed by atoms with Gasteiger partial charge >= 0.3 is 11.6 Å². The largest absolute Gasteiger partial charge is 0.493 e. The van der Waals surface area contributed by atoms with Crippen molar-refractivity contribution in [1.29, 1.82) is 0 Å². The van der Waals surface area contributed by atoms with Crippen LogP contribution in [0.1, 0.15) is 15.9 Å². The first kappa shape index (κ1) is 21.5. The van der Waals surface area contributed by atoms with Crippen LogP contribution in [0.4, 0.5) is 0 Å². The molecule has 0 aliphatic heterocycles. The molecule has 1 aromatic heterocycles. The number of fused-ring (bicyclic) bond motifs is 1. The molecular formula is C25H19ClO6. The molecule has 0 amide bonds. The topological polar surface area (TPSA) is 75.0 Å². The number of rotatable bonds is 5. The molecule has 4 aromatic rings. The Morgan fingerprint density at radius 2 is 1.62 bits per heavy atom. The Hall–Kier alpha value is -3.77. The molecule has 0 atom stereocenters. The van der Waals surface area contributed by atoms with Gasteiger partial charge in [0.25, 0.3) is 0 Å². The van der Waals surface area contributed by atoms with Gasteiger partial charge in [-0.15, -0.1) is 0 Å². The van der Waals surface area contributed by atoms with Crippen molar-refractivity contribution in [2.24, 2.45) is 0 Å². The third kappa shape index (κ3) is 4.05. The number of ether oxygens (including phenoxy) is 3. The van der Waals surface area contributed by atoms with Crippen molar-refractivity contribution in [2.45, 2.75) is 6.92 Å². The van der Waals surface area contributed by atoms with E-state index in [0.717, 1.165) is 0 Å². The van der Waals surface area contributed by atoms with Gasteiger partial charge in [-0.05, 0) is 72.6 Å². The second-order valence-electron chi connectivity index (χ2n) is 7.01. The summed E-state index contributed by atoms with van der Waals surface area (Å²) in [5, 5.41) is 1.18. The molecule has 4 rings (SSSR count). The Morgan fingerprint density at radius 3 is 2.31 bits per heavy atom. The van der Waals surface area contributed by atoms with E-state index in [0.29, 0.717) is 55.5 Å². The standard InChI is InChI=1S/C25H19ClO6/c1-14-19-13-18(31-24(27)15-4-7-17(26)8-5-15)9-11-20(19)32-25(28)23(14)16-6-10-21(29-2)22(12-16)30-3/h4-13H,1-3H3. The number of aryl methyl sites for hydroxylation is 1. The van der Waals surface area contributed by atoms with E-state index in [1.54, 1.807) is 67.8 Å². The molecule has 0 fully saturated rings. The van der Waals surface area contributed by atoms with E-state index in [4.69, 9.17) is 30.2 Å². The van der Waals surface area contributed by atoms with Crippen LogP contribution >= 0.6 is 11.6 Å². The number of carbonyl (C=O) groups is 1. The van der Waals surface area contributed by atoms with Gasteiger partial charge in [0, 0.05) is 10.4 Å². The van der Waals surface area contributed by atoms with Gasteiger partial charge in [-0.25, -0.2) is 9.59 Å². The second kappa shape index (κ2) is 8.77. The molecule has 0 aliphatic carbocycles. The first-order valence-corrected chi connectivity index (χ1v) is 10.1. The molecule has 1 heterocycles. The molecule has 0 bridgehead atoms. The Bertz CT molecular complexity index is 1370. The summed E-state index contributed by atoms with van der Waals surface area (Å²) in [6.45, 7) is 1.82. The Balaban J connectivity index is 1.76. The molecule has 162 valence electrons. The molecule has 3 aromatic carbocycles. The quantitative estimate of drug-likeness (QED) is 0.222. The Morgan fingerprint density at radius 1 is 0.906 bits per heavy atom. The van der Waals surface area contributed by atoms with Crippen LogP contribution in [0.5, 0.6) is 17.2 Å². The average Bonchev–Trinajstić information content (AvgIpc) is 2.79. The predicted octanol–water partition coefficient (Wildman–Crippen LogP) is 5.66. The van der Waals surface area contributed by atoms with E-state index in [-0.39, 0.29) is 0 Å². The van der Waals surface area contributed by atoms with Gasteiger partial charge in [0.15, 0.2) is 11.5 Å². The van der Waals surface area contributed by atoms with Crippen molar-refractivity contribution < 1.29 is 23.4 Å². The number of carbonyl (C=O) groups excluding carboxylic acids is 1. The van der Waals surface area contributed by atoms with Crippen molar-refractivity contribution in [2.75, 3.05) is 14.2 Å². The summed E-state index contributed by atoms with van der Waals surface area (Å²) in [6, 6.07) is 16.5. The highest BCUT2D eigenvalue weighted by atomic mass is 35.5. The smallest absolute Gasteiger partial charge is 0.344 e. The predicted molar refractivity (Wildman–Crippen MR) is 122 cm³/mol. The van der Waals surface area contributed by atoms with Crippen molar-refractivity contribution in [3.63, 3.8) is 0 Å². The van der Waals surface area contributed by atoms with Crippen molar-refractivity contribution in [3.8, 4) is 28.4 Å². The minimum atomic E-state index is -0.517. The normalized spacial score (nSPS) is 10.8. The van der Waals surface area contributed by atoms with Crippen LogP contribution in [0.3, 0.4) is 0 Å². The zero-order valence-electron chi connectivity index (χ0n) is 17.6. The van der Waals surface area contributed by atoms with Gasteiger partial charge in [-0.2, -0.15) is 0 Å². The summed E-state index contributed by atoms with van der Waals surface area (Å²) in [5.74, 6) is 0.855. The maximum atomic E-state index is 12.7. The first-order chi connectivity index (χ1) is 15.4. The van der Waals surface area contributed by atoms with E-state index in [2.05, 4.69) is 0 Å². The van der Waals surface area contributed by atoms with Gasteiger partial charge in [0.05, 0.1) is 25.3 Å². The maximum absolute atomic E-state index is 12.7. The fraction of sp³-hybridized carbons (Fsp3) is 0.120. The highest BCUT2D eigenvalue weighted by Gasteiger charge is 2.17. The van der Waals surface area contributed by atoms with Gasteiger partial charge in [-0.1, -0.05) is 17.7 Å². The fourth-order valence-electron chi connectivity index (χ4n) is 3.47. The molecule has 6 nitrogen and oxygen atoms in total. The Kier molecular flexibility index (Phi) is 5.88. The van der Waals surface area contributed by atoms with E-state index in [1.165, 1.54) is 7.11 Å². The van der Waals surface area contributed by atoms with Gasteiger partial charge in [-0.3, -0.25) is 0 Å². The molecule has 0 saturated heterocycles. The second-order valence-corrected chi connectivity index (χ2v) is 7.45. The summed E-state index contributed by atoms with van der Waals surface area (Å²) >= 11 is 5.87. The Labute approximate surface area is 188 Å². The summed E-state index contributed by atoms with van der Waals surface area (Å²) in [5.41, 5.74) is 1.99. The average molecular weight is 451 g/mol. The van der Waals surface area contributed by atoms with Crippen LogP contribution in [0.2, 0.25) is 5.02 Å². The van der Waals surface area contributed by atoms with Crippen LogP contribution in [-0.2, 0) is 0 Å². The minimum absolute atomic E-state index is 0.327. The van der Waals surface area contributed by atoms with Crippen molar-refractivity contribution >= 4 is 28.5 Å². The lowest BCUT2D eigenvalue weighted by Gasteiger charge is -2.12. The van der Waals surface area contributed by atoms with E-state index >= 15 is 0 Å². The van der Waals surface area contributed by atoms with E-state index in [9.17, 15) is 9.59 Å². The van der Waals surface area contributed by atoms with Crippen LogP contribution in [0.15, 0.2) is 69.9 Å². The van der Waals surface area contributed by atoms with Gasteiger partial charge in [0.1, 0.15) is 11.3 Å². The monoisotopic (exact) mass is 450 g/mol. The molecule has 0 radical (unpaired) electrons. The number of halogens is 1. The van der Waals surface area contributed by atoms with Crippen LogP contribution in [0, 0.1) is 6.92 Å². The summed E-state index contributed by atoms with van der Waals surface area (Å²) in [7, 11) is 3.07. The van der Waals surface area contributed by atoms with Gasteiger partial charge < -0.3 is 18.6 Å².